The van der Waals surface area contributed by atoms with Gasteiger partial charge in [-0.25, -0.2) is 0 Å². The summed E-state index contributed by atoms with van der Waals surface area (Å²) in [6.07, 6.45) is 0. The minimum absolute atomic E-state index is 0.0309. The molecule has 0 spiro atoms. The first-order valence-electron chi connectivity index (χ1n) is 9.51. The molecule has 5 nitrogen and oxygen atoms in total. The minimum Gasteiger partial charge on any atom is -0.341 e. The van der Waals surface area contributed by atoms with Gasteiger partial charge in [0.25, 0.3) is 5.91 Å². The second-order valence-corrected chi connectivity index (χ2v) is 8.34. The fourth-order valence-corrected chi connectivity index (χ4v) is 3.66. The zero-order valence-electron chi connectivity index (χ0n) is 17.0. The van der Waals surface area contributed by atoms with Crippen molar-refractivity contribution in [3.63, 3.8) is 0 Å². The Kier molecular flexibility index (Phi) is 6.19. The number of hydrogen-bond acceptors (Lipinski definition) is 5. The van der Waals surface area contributed by atoms with Crippen molar-refractivity contribution in [3.8, 4) is 11.3 Å². The summed E-state index contributed by atoms with van der Waals surface area (Å²) in [5.41, 5.74) is 2.70. The molecule has 0 fully saturated rings. The lowest BCUT2D eigenvalue weighted by Gasteiger charge is -2.28. The van der Waals surface area contributed by atoms with E-state index in [9.17, 15) is 4.79 Å². The van der Waals surface area contributed by atoms with Gasteiger partial charge in [-0.2, -0.15) is 0 Å². The van der Waals surface area contributed by atoms with E-state index < -0.39 is 0 Å². The normalized spacial score (nSPS) is 11.2. The van der Waals surface area contributed by atoms with Gasteiger partial charge >= 0.3 is 0 Å². The highest BCUT2D eigenvalue weighted by atomic mass is 32.1. The first-order chi connectivity index (χ1) is 13.4. The molecule has 6 heteroatoms. The lowest BCUT2D eigenvalue weighted by Crippen LogP contribution is -2.36. The standard InChI is InChI=1S/C22H27N3O2S/c1-15(2)24(5)22-18(20(23-27-22)17-10-7-6-8-11-17)14-25(16(3)4)21(26)19-12-9-13-28-19/h6-13,15-16H,14H2,1-5H3. The van der Waals surface area contributed by atoms with E-state index in [1.165, 1.54) is 11.3 Å². The Morgan fingerprint density at radius 1 is 1.07 bits per heavy atom. The fourth-order valence-electron chi connectivity index (χ4n) is 2.98. The Morgan fingerprint density at radius 3 is 2.36 bits per heavy atom. The first-order valence-corrected chi connectivity index (χ1v) is 10.4. The largest absolute Gasteiger partial charge is 0.341 e. The molecule has 28 heavy (non-hydrogen) atoms. The van der Waals surface area contributed by atoms with Crippen LogP contribution in [-0.4, -0.2) is 35.1 Å². The number of hydrogen-bond donors (Lipinski definition) is 0. The molecule has 0 aliphatic carbocycles. The van der Waals surface area contributed by atoms with Crippen LogP contribution in [0.3, 0.4) is 0 Å². The zero-order chi connectivity index (χ0) is 20.3. The Balaban J connectivity index is 2.04. The van der Waals surface area contributed by atoms with Crippen LogP contribution < -0.4 is 4.90 Å². The molecule has 148 valence electrons. The van der Waals surface area contributed by atoms with Gasteiger partial charge in [0.05, 0.1) is 17.0 Å². The maximum absolute atomic E-state index is 13.1. The third kappa shape index (κ3) is 4.12. The quantitative estimate of drug-likeness (QED) is 0.543. The monoisotopic (exact) mass is 397 g/mol. The van der Waals surface area contributed by atoms with Crippen LogP contribution in [0, 0.1) is 0 Å². The molecule has 2 heterocycles. The Morgan fingerprint density at radius 2 is 1.79 bits per heavy atom. The smallest absolute Gasteiger partial charge is 0.264 e. The lowest BCUT2D eigenvalue weighted by atomic mass is 10.1. The summed E-state index contributed by atoms with van der Waals surface area (Å²) in [6.45, 7) is 8.71. The highest BCUT2D eigenvalue weighted by Crippen LogP contribution is 2.33. The van der Waals surface area contributed by atoms with Crippen molar-refractivity contribution in [1.29, 1.82) is 0 Å². The molecule has 0 unspecified atom stereocenters. The molecule has 3 rings (SSSR count). The van der Waals surface area contributed by atoms with Crippen molar-refractivity contribution < 1.29 is 9.32 Å². The van der Waals surface area contributed by atoms with Crippen LogP contribution in [0.5, 0.6) is 0 Å². The SMILES string of the molecule is CC(C)N(Cc1c(-c2ccccc2)noc1N(C)C(C)C)C(=O)c1cccs1. The van der Waals surface area contributed by atoms with E-state index in [0.29, 0.717) is 12.4 Å². The second kappa shape index (κ2) is 8.61. The second-order valence-electron chi connectivity index (χ2n) is 7.39. The van der Waals surface area contributed by atoms with E-state index in [1.54, 1.807) is 0 Å². The average molecular weight is 398 g/mol. The summed E-state index contributed by atoms with van der Waals surface area (Å²) in [7, 11) is 1.99. The zero-order valence-corrected chi connectivity index (χ0v) is 17.9. The Hall–Kier alpha value is -2.60. The summed E-state index contributed by atoms with van der Waals surface area (Å²) in [6, 6.07) is 14.0. The van der Waals surface area contributed by atoms with Gasteiger partial charge in [0.15, 0.2) is 0 Å². The van der Waals surface area contributed by atoms with E-state index in [-0.39, 0.29) is 18.0 Å². The maximum atomic E-state index is 13.1. The number of aromatic nitrogens is 1. The molecule has 0 bridgehead atoms. The Labute approximate surface area is 170 Å². The lowest BCUT2D eigenvalue weighted by molar-refractivity contribution is 0.0696. The third-order valence-corrected chi connectivity index (χ3v) is 5.71. The third-order valence-electron chi connectivity index (χ3n) is 4.85. The number of rotatable bonds is 7. The van der Waals surface area contributed by atoms with Crippen molar-refractivity contribution in [2.24, 2.45) is 0 Å². The van der Waals surface area contributed by atoms with Crippen molar-refractivity contribution in [1.82, 2.24) is 10.1 Å². The van der Waals surface area contributed by atoms with Crippen LogP contribution in [-0.2, 0) is 6.54 Å². The summed E-state index contributed by atoms with van der Waals surface area (Å²) in [5, 5.41) is 6.30. The molecule has 1 aromatic carbocycles. The number of benzene rings is 1. The van der Waals surface area contributed by atoms with Crippen molar-refractivity contribution in [2.45, 2.75) is 46.3 Å². The molecule has 1 amide bonds. The van der Waals surface area contributed by atoms with Crippen LogP contribution in [0.2, 0.25) is 0 Å². The van der Waals surface area contributed by atoms with Crippen LogP contribution in [0.4, 0.5) is 5.88 Å². The molecule has 0 radical (unpaired) electrons. The highest BCUT2D eigenvalue weighted by Gasteiger charge is 2.27. The number of anilines is 1. The van der Waals surface area contributed by atoms with Crippen LogP contribution in [0.1, 0.15) is 42.9 Å². The van der Waals surface area contributed by atoms with Gasteiger partial charge in [-0.05, 0) is 39.1 Å². The van der Waals surface area contributed by atoms with Crippen molar-refractivity contribution in [3.05, 3.63) is 58.3 Å². The number of carbonyl (C=O) groups is 1. The maximum Gasteiger partial charge on any atom is 0.264 e. The molecule has 0 saturated carbocycles. The molecule has 0 aliphatic rings. The molecule has 0 aliphatic heterocycles. The van der Waals surface area contributed by atoms with E-state index in [2.05, 4.69) is 23.9 Å². The van der Waals surface area contributed by atoms with Gasteiger partial charge in [0, 0.05) is 24.7 Å². The van der Waals surface area contributed by atoms with Crippen molar-refractivity contribution >= 4 is 23.1 Å². The van der Waals surface area contributed by atoms with Crippen LogP contribution in [0.15, 0.2) is 52.4 Å². The molecule has 2 aromatic heterocycles. The molecule has 0 N–H and O–H groups in total. The van der Waals surface area contributed by atoms with Gasteiger partial charge in [0.2, 0.25) is 5.88 Å². The predicted octanol–water partition coefficient (Wildman–Crippen LogP) is 5.30. The van der Waals surface area contributed by atoms with Gasteiger partial charge < -0.3 is 14.3 Å². The molecular formula is C22H27N3O2S. The summed E-state index contributed by atoms with van der Waals surface area (Å²) >= 11 is 1.46. The molecule has 0 saturated heterocycles. The molecular weight excluding hydrogens is 370 g/mol. The van der Waals surface area contributed by atoms with Gasteiger partial charge in [-0.1, -0.05) is 41.6 Å². The average Bonchev–Trinajstić information content (AvgIpc) is 3.35. The van der Waals surface area contributed by atoms with E-state index in [0.717, 1.165) is 21.7 Å². The van der Waals surface area contributed by atoms with Crippen LogP contribution in [0.25, 0.3) is 11.3 Å². The van der Waals surface area contributed by atoms with E-state index in [1.807, 2.05) is 73.6 Å². The highest BCUT2D eigenvalue weighted by molar-refractivity contribution is 7.12. The van der Waals surface area contributed by atoms with Crippen molar-refractivity contribution in [2.75, 3.05) is 11.9 Å². The minimum atomic E-state index is 0.0309. The van der Waals surface area contributed by atoms with E-state index in [4.69, 9.17) is 4.52 Å². The number of thiophene rings is 1. The van der Waals surface area contributed by atoms with E-state index >= 15 is 0 Å². The number of carbonyl (C=O) groups excluding carboxylic acids is 1. The fraction of sp³-hybridized carbons (Fsp3) is 0.364. The van der Waals surface area contributed by atoms with Gasteiger partial charge in [-0.15, -0.1) is 11.3 Å². The summed E-state index contributed by atoms with van der Waals surface area (Å²) < 4.78 is 5.76. The predicted molar refractivity (Wildman–Crippen MR) is 115 cm³/mol. The summed E-state index contributed by atoms with van der Waals surface area (Å²) in [5.74, 6) is 0.738. The first kappa shape index (κ1) is 20.1. The van der Waals surface area contributed by atoms with Gasteiger partial charge in [-0.3, -0.25) is 4.79 Å². The number of amides is 1. The molecule has 3 aromatic rings. The summed E-state index contributed by atoms with van der Waals surface area (Å²) in [4.78, 5) is 17.8. The topological polar surface area (TPSA) is 49.6 Å². The van der Waals surface area contributed by atoms with Crippen LogP contribution >= 0.6 is 11.3 Å². The Bertz CT molecular complexity index is 901. The molecule has 0 atom stereocenters. The number of nitrogens with zero attached hydrogens (tertiary/aromatic N) is 3. The van der Waals surface area contributed by atoms with Gasteiger partial charge in [0.1, 0.15) is 5.69 Å².